The van der Waals surface area contributed by atoms with Gasteiger partial charge in [0.2, 0.25) is 5.91 Å². The maximum Gasteiger partial charge on any atom is 0.253 e. The van der Waals surface area contributed by atoms with Gasteiger partial charge in [0.25, 0.3) is 11.8 Å². The molecule has 0 aromatic heterocycles. The lowest BCUT2D eigenvalue weighted by molar-refractivity contribution is -0.139. The highest BCUT2D eigenvalue weighted by Gasteiger charge is 2.20. The van der Waals surface area contributed by atoms with Crippen molar-refractivity contribution in [3.8, 4) is 5.75 Å². The van der Waals surface area contributed by atoms with Crippen LogP contribution in [0.4, 0.5) is 0 Å². The van der Waals surface area contributed by atoms with E-state index in [1.165, 1.54) is 17.1 Å². The number of benzene rings is 1. The van der Waals surface area contributed by atoms with Crippen LogP contribution < -0.4 is 4.74 Å². The quantitative estimate of drug-likeness (QED) is 0.733. The maximum atomic E-state index is 12.1. The minimum Gasteiger partial charge on any atom is -0.492 e. The Kier molecular flexibility index (Phi) is 5.84. The smallest absolute Gasteiger partial charge is 0.253 e. The summed E-state index contributed by atoms with van der Waals surface area (Å²) in [6, 6.07) is 7.37. The summed E-state index contributed by atoms with van der Waals surface area (Å²) in [5.41, 5.74) is 0.813. The van der Waals surface area contributed by atoms with Crippen molar-refractivity contribution in [2.45, 2.75) is 19.3 Å². The first-order valence-electron chi connectivity index (χ1n) is 8.84. The Bertz CT molecular complexity index is 754. The number of rotatable bonds is 6. The first kappa shape index (κ1) is 17.9. The Hall–Kier alpha value is -2.89. The van der Waals surface area contributed by atoms with Crippen molar-refractivity contribution in [1.29, 1.82) is 0 Å². The first-order chi connectivity index (χ1) is 12.6. The van der Waals surface area contributed by atoms with Crippen molar-refractivity contribution >= 4 is 23.8 Å². The molecule has 0 unspecified atom stereocenters. The van der Waals surface area contributed by atoms with Gasteiger partial charge in [0.05, 0.1) is 6.54 Å². The molecule has 1 aromatic rings. The summed E-state index contributed by atoms with van der Waals surface area (Å²) in [6.45, 7) is 2.24. The zero-order chi connectivity index (χ0) is 18.4. The van der Waals surface area contributed by atoms with Gasteiger partial charge in [-0.1, -0.05) is 18.2 Å². The van der Waals surface area contributed by atoms with Gasteiger partial charge >= 0.3 is 0 Å². The van der Waals surface area contributed by atoms with Crippen LogP contribution in [0.2, 0.25) is 0 Å². The molecule has 26 heavy (non-hydrogen) atoms. The highest BCUT2D eigenvalue weighted by molar-refractivity contribution is 6.06. The van der Waals surface area contributed by atoms with Gasteiger partial charge < -0.3 is 9.64 Å². The van der Waals surface area contributed by atoms with Crippen molar-refractivity contribution in [1.82, 2.24) is 9.80 Å². The summed E-state index contributed by atoms with van der Waals surface area (Å²) in [5.74, 6) is 0.270. The van der Waals surface area contributed by atoms with Crippen LogP contribution in [0.5, 0.6) is 5.75 Å². The van der Waals surface area contributed by atoms with E-state index in [2.05, 4.69) is 0 Å². The number of carbonyl (C=O) groups excluding carboxylic acids is 3. The van der Waals surface area contributed by atoms with Gasteiger partial charge in [-0.15, -0.1) is 0 Å². The number of carbonyl (C=O) groups is 3. The van der Waals surface area contributed by atoms with E-state index in [4.69, 9.17) is 4.74 Å². The van der Waals surface area contributed by atoms with Crippen LogP contribution in [0, 0.1) is 0 Å². The molecular weight excluding hydrogens is 332 g/mol. The van der Waals surface area contributed by atoms with Gasteiger partial charge in [-0.3, -0.25) is 19.3 Å². The predicted octanol–water partition coefficient (Wildman–Crippen LogP) is 2.02. The minimum absolute atomic E-state index is 0.186. The van der Waals surface area contributed by atoms with Crippen LogP contribution in [0.3, 0.4) is 0 Å². The van der Waals surface area contributed by atoms with Gasteiger partial charge in [0.15, 0.2) is 0 Å². The molecule has 2 aliphatic rings. The van der Waals surface area contributed by atoms with Gasteiger partial charge in [0.1, 0.15) is 12.4 Å². The lowest BCUT2D eigenvalue weighted by atomic mass is 10.2. The Balaban J connectivity index is 1.53. The zero-order valence-corrected chi connectivity index (χ0v) is 14.6. The van der Waals surface area contributed by atoms with Crippen LogP contribution in [-0.4, -0.2) is 53.8 Å². The number of imide groups is 1. The highest BCUT2D eigenvalue weighted by atomic mass is 16.5. The number of amides is 3. The van der Waals surface area contributed by atoms with E-state index < -0.39 is 0 Å². The Labute approximate surface area is 152 Å². The van der Waals surface area contributed by atoms with E-state index in [9.17, 15) is 14.4 Å². The van der Waals surface area contributed by atoms with E-state index in [1.807, 2.05) is 29.2 Å². The molecule has 0 aliphatic carbocycles. The molecule has 2 aliphatic heterocycles. The molecule has 6 nitrogen and oxygen atoms in total. The van der Waals surface area contributed by atoms with E-state index in [-0.39, 0.29) is 17.7 Å². The zero-order valence-electron chi connectivity index (χ0n) is 14.6. The monoisotopic (exact) mass is 354 g/mol. The number of likely N-dealkylation sites (tertiary alicyclic amines) is 1. The lowest BCUT2D eigenvalue weighted by Gasteiger charge is -2.19. The average molecular weight is 354 g/mol. The second kappa shape index (κ2) is 8.47. The second-order valence-electron chi connectivity index (χ2n) is 6.26. The third-order valence-corrected chi connectivity index (χ3v) is 4.39. The largest absolute Gasteiger partial charge is 0.492 e. The molecule has 0 radical (unpaired) electrons. The fraction of sp³-hybridized carbons (Fsp3) is 0.350. The molecule has 3 amide bonds. The Morgan fingerprint density at radius 3 is 2.88 bits per heavy atom. The summed E-state index contributed by atoms with van der Waals surface area (Å²) in [7, 11) is 0. The fourth-order valence-corrected chi connectivity index (χ4v) is 2.99. The van der Waals surface area contributed by atoms with Gasteiger partial charge in [-0.25, -0.2) is 0 Å². The molecule has 6 heteroatoms. The standard InChI is InChI=1S/C20H22N2O4/c23-18-8-4-11-21(18)13-14-26-17-6-3-5-16(15-17)9-10-20(25)22-12-2-1-7-19(22)24/h1,3,5-7,9-10,15H,2,4,8,11-14H2/b10-9+. The highest BCUT2D eigenvalue weighted by Crippen LogP contribution is 2.16. The number of hydrogen-bond acceptors (Lipinski definition) is 4. The molecule has 1 fully saturated rings. The molecule has 3 rings (SSSR count). The molecule has 136 valence electrons. The maximum absolute atomic E-state index is 12.1. The molecule has 0 saturated carbocycles. The minimum atomic E-state index is -0.321. The Morgan fingerprint density at radius 2 is 2.12 bits per heavy atom. The van der Waals surface area contributed by atoms with Gasteiger partial charge in [-0.05, 0) is 42.7 Å². The van der Waals surface area contributed by atoms with E-state index in [0.717, 1.165) is 18.5 Å². The van der Waals surface area contributed by atoms with Gasteiger partial charge in [-0.2, -0.15) is 0 Å². The van der Waals surface area contributed by atoms with Crippen molar-refractivity contribution in [3.05, 3.63) is 48.1 Å². The summed E-state index contributed by atoms with van der Waals surface area (Å²) < 4.78 is 5.71. The Morgan fingerprint density at radius 1 is 1.23 bits per heavy atom. The molecule has 1 aromatic carbocycles. The van der Waals surface area contributed by atoms with Crippen molar-refractivity contribution < 1.29 is 19.1 Å². The summed E-state index contributed by atoms with van der Waals surface area (Å²) in [6.07, 6.45) is 8.51. The normalized spacial score (nSPS) is 17.4. The molecule has 0 bridgehead atoms. The van der Waals surface area contributed by atoms with Crippen molar-refractivity contribution in [3.63, 3.8) is 0 Å². The third-order valence-electron chi connectivity index (χ3n) is 4.39. The fourth-order valence-electron chi connectivity index (χ4n) is 2.99. The molecular formula is C20H22N2O4. The molecule has 0 spiro atoms. The van der Waals surface area contributed by atoms with Crippen LogP contribution in [0.25, 0.3) is 6.08 Å². The van der Waals surface area contributed by atoms with Crippen LogP contribution in [0.15, 0.2) is 42.5 Å². The topological polar surface area (TPSA) is 66.9 Å². The predicted molar refractivity (Wildman–Crippen MR) is 97.3 cm³/mol. The first-order valence-corrected chi connectivity index (χ1v) is 8.84. The van der Waals surface area contributed by atoms with E-state index in [0.29, 0.717) is 38.3 Å². The molecule has 2 heterocycles. The third kappa shape index (κ3) is 4.59. The molecule has 0 N–H and O–H groups in total. The average Bonchev–Trinajstić information content (AvgIpc) is 3.05. The van der Waals surface area contributed by atoms with Crippen LogP contribution in [0.1, 0.15) is 24.8 Å². The van der Waals surface area contributed by atoms with E-state index >= 15 is 0 Å². The van der Waals surface area contributed by atoms with Crippen LogP contribution in [-0.2, 0) is 14.4 Å². The number of ether oxygens (including phenoxy) is 1. The summed E-state index contributed by atoms with van der Waals surface area (Å²) >= 11 is 0. The molecule has 1 saturated heterocycles. The summed E-state index contributed by atoms with van der Waals surface area (Å²) in [5, 5.41) is 0. The van der Waals surface area contributed by atoms with Crippen LogP contribution >= 0.6 is 0 Å². The second-order valence-corrected chi connectivity index (χ2v) is 6.26. The van der Waals surface area contributed by atoms with Gasteiger partial charge in [0, 0.05) is 25.6 Å². The number of hydrogen-bond donors (Lipinski definition) is 0. The van der Waals surface area contributed by atoms with Crippen molar-refractivity contribution in [2.24, 2.45) is 0 Å². The van der Waals surface area contributed by atoms with E-state index in [1.54, 1.807) is 12.2 Å². The molecule has 0 atom stereocenters. The SMILES string of the molecule is O=C1CCCN1CCOc1cccc(/C=C/C(=O)N2CCC=CC2=O)c1. The number of nitrogens with zero attached hydrogens (tertiary/aromatic N) is 2. The summed E-state index contributed by atoms with van der Waals surface area (Å²) in [4.78, 5) is 38.4. The van der Waals surface area contributed by atoms with Crippen molar-refractivity contribution in [2.75, 3.05) is 26.2 Å². The lowest BCUT2D eigenvalue weighted by Crippen LogP contribution is -2.37.